The van der Waals surface area contributed by atoms with Crippen LogP contribution in [-0.4, -0.2) is 64.1 Å². The average molecular weight is 326 g/mol. The van der Waals surface area contributed by atoms with Gasteiger partial charge < -0.3 is 5.32 Å². The molecule has 0 bridgehead atoms. The first-order chi connectivity index (χ1) is 9.28. The Hall–Kier alpha value is -0.180. The molecule has 0 aromatic carbocycles. The van der Waals surface area contributed by atoms with Crippen LogP contribution in [0.4, 0.5) is 0 Å². The highest BCUT2D eigenvalue weighted by atomic mass is 32.2. The molecule has 0 aliphatic carbocycles. The van der Waals surface area contributed by atoms with Crippen LogP contribution < -0.4 is 5.32 Å². The summed E-state index contributed by atoms with van der Waals surface area (Å²) in [6.45, 7) is 5.63. The number of sulfonamides is 1. The van der Waals surface area contributed by atoms with Crippen molar-refractivity contribution in [2.45, 2.75) is 39.2 Å². The smallest absolute Gasteiger partial charge is 0.214 e. The van der Waals surface area contributed by atoms with Gasteiger partial charge in [-0.3, -0.25) is 0 Å². The zero-order chi connectivity index (χ0) is 15.2. The van der Waals surface area contributed by atoms with E-state index in [4.69, 9.17) is 0 Å². The summed E-state index contributed by atoms with van der Waals surface area (Å²) in [6.07, 6.45) is 2.49. The summed E-state index contributed by atoms with van der Waals surface area (Å²) in [7, 11) is -6.41. The highest BCUT2D eigenvalue weighted by molar-refractivity contribution is 7.92. The van der Waals surface area contributed by atoms with Crippen LogP contribution in [0.5, 0.6) is 0 Å². The largest absolute Gasteiger partial charge is 0.317 e. The lowest BCUT2D eigenvalue weighted by atomic mass is 10.3. The Bertz CT molecular complexity index is 488. The Morgan fingerprint density at radius 1 is 1.25 bits per heavy atom. The third-order valence-electron chi connectivity index (χ3n) is 3.40. The molecule has 1 saturated heterocycles. The lowest BCUT2D eigenvalue weighted by molar-refractivity contribution is 0.356. The first-order valence-electron chi connectivity index (χ1n) is 7.19. The van der Waals surface area contributed by atoms with E-state index in [0.717, 1.165) is 25.9 Å². The third-order valence-corrected chi connectivity index (χ3v) is 7.26. The minimum atomic E-state index is -3.33. The van der Waals surface area contributed by atoms with Gasteiger partial charge in [-0.2, -0.15) is 4.31 Å². The molecule has 0 spiro atoms. The van der Waals surface area contributed by atoms with Crippen LogP contribution in [0.15, 0.2) is 0 Å². The van der Waals surface area contributed by atoms with E-state index in [1.165, 1.54) is 4.31 Å². The predicted octanol–water partition coefficient (Wildman–Crippen LogP) is 0.215. The molecule has 8 heteroatoms. The number of nitrogens with one attached hydrogen (secondary N) is 1. The fourth-order valence-corrected chi connectivity index (χ4v) is 5.91. The molecule has 120 valence electrons. The molecular weight excluding hydrogens is 300 g/mol. The van der Waals surface area contributed by atoms with Crippen molar-refractivity contribution < 1.29 is 16.8 Å². The quantitative estimate of drug-likeness (QED) is 0.645. The van der Waals surface area contributed by atoms with Crippen molar-refractivity contribution >= 4 is 19.9 Å². The molecule has 6 nitrogen and oxygen atoms in total. The molecule has 1 fully saturated rings. The molecule has 1 aliphatic heterocycles. The van der Waals surface area contributed by atoms with Gasteiger partial charge in [0.1, 0.15) is 0 Å². The molecule has 20 heavy (non-hydrogen) atoms. The first-order valence-corrected chi connectivity index (χ1v) is 10.6. The van der Waals surface area contributed by atoms with Crippen molar-refractivity contribution in [1.29, 1.82) is 0 Å². The second kappa shape index (κ2) is 7.72. The molecule has 1 aliphatic rings. The van der Waals surface area contributed by atoms with Crippen LogP contribution in [0.2, 0.25) is 0 Å². The van der Waals surface area contributed by atoms with E-state index < -0.39 is 25.9 Å². The van der Waals surface area contributed by atoms with E-state index >= 15 is 0 Å². The zero-order valence-electron chi connectivity index (χ0n) is 12.3. The van der Waals surface area contributed by atoms with Gasteiger partial charge in [-0.25, -0.2) is 16.8 Å². The molecule has 0 radical (unpaired) electrons. The number of hydrogen-bond donors (Lipinski definition) is 1. The summed E-state index contributed by atoms with van der Waals surface area (Å²) in [5.74, 6) is -0.0237. The molecule has 0 saturated carbocycles. The van der Waals surface area contributed by atoms with Gasteiger partial charge >= 0.3 is 0 Å². The summed E-state index contributed by atoms with van der Waals surface area (Å²) in [5, 5.41) is 3.23. The van der Waals surface area contributed by atoms with Gasteiger partial charge in [0.15, 0.2) is 9.84 Å². The minimum Gasteiger partial charge on any atom is -0.317 e. The fourth-order valence-electron chi connectivity index (χ4n) is 2.35. The van der Waals surface area contributed by atoms with Gasteiger partial charge in [0.25, 0.3) is 0 Å². The van der Waals surface area contributed by atoms with Crippen molar-refractivity contribution in [3.63, 3.8) is 0 Å². The molecule has 1 N–H and O–H groups in total. The van der Waals surface area contributed by atoms with E-state index in [0.29, 0.717) is 6.42 Å². The van der Waals surface area contributed by atoms with E-state index in [2.05, 4.69) is 12.2 Å². The molecule has 1 atom stereocenters. The highest BCUT2D eigenvalue weighted by Gasteiger charge is 2.35. The molecular formula is C12H26N2O4S2. The van der Waals surface area contributed by atoms with Crippen molar-refractivity contribution in [2.24, 2.45) is 0 Å². The zero-order valence-corrected chi connectivity index (χ0v) is 14.0. The van der Waals surface area contributed by atoms with Gasteiger partial charge in [-0.1, -0.05) is 6.92 Å². The lowest BCUT2D eigenvalue weighted by Crippen LogP contribution is -2.50. The molecule has 1 rings (SSSR count). The topological polar surface area (TPSA) is 83.6 Å². The Labute approximate surface area is 122 Å². The number of sulfone groups is 1. The van der Waals surface area contributed by atoms with Crippen LogP contribution >= 0.6 is 0 Å². The minimum absolute atomic E-state index is 0.0609. The lowest BCUT2D eigenvalue weighted by Gasteiger charge is -2.32. The maximum Gasteiger partial charge on any atom is 0.214 e. The first kappa shape index (κ1) is 17.9. The summed E-state index contributed by atoms with van der Waals surface area (Å²) in [5.41, 5.74) is 0. The van der Waals surface area contributed by atoms with Gasteiger partial charge in [0, 0.05) is 12.6 Å². The highest BCUT2D eigenvalue weighted by Crippen LogP contribution is 2.17. The number of unbranched alkanes of at least 4 members (excludes halogenated alkanes) is 1. The summed E-state index contributed by atoms with van der Waals surface area (Å²) >= 11 is 0. The summed E-state index contributed by atoms with van der Waals surface area (Å²) < 4.78 is 48.7. The number of hydrogen-bond acceptors (Lipinski definition) is 5. The van der Waals surface area contributed by atoms with E-state index in [1.54, 1.807) is 6.92 Å². The van der Waals surface area contributed by atoms with Gasteiger partial charge in [-0.05, 0) is 39.3 Å². The Morgan fingerprint density at radius 3 is 2.55 bits per heavy atom. The van der Waals surface area contributed by atoms with Gasteiger partial charge in [0.05, 0.1) is 17.3 Å². The van der Waals surface area contributed by atoms with Crippen molar-refractivity contribution in [3.05, 3.63) is 0 Å². The molecule has 1 unspecified atom stereocenters. The van der Waals surface area contributed by atoms with E-state index in [-0.39, 0.29) is 23.8 Å². The van der Waals surface area contributed by atoms with Gasteiger partial charge in [0.2, 0.25) is 10.0 Å². The monoisotopic (exact) mass is 326 g/mol. The average Bonchev–Trinajstić information content (AvgIpc) is 2.31. The van der Waals surface area contributed by atoms with Crippen LogP contribution in [0, 0.1) is 0 Å². The maximum absolute atomic E-state index is 12.2. The van der Waals surface area contributed by atoms with Crippen LogP contribution in [-0.2, 0) is 19.9 Å². The summed E-state index contributed by atoms with van der Waals surface area (Å²) in [6, 6.07) is -0.447. The van der Waals surface area contributed by atoms with Crippen molar-refractivity contribution in [2.75, 3.05) is 36.9 Å². The van der Waals surface area contributed by atoms with Crippen LogP contribution in [0.3, 0.4) is 0 Å². The Kier molecular flexibility index (Phi) is 6.90. The second-order valence-corrected chi connectivity index (χ2v) is 9.62. The van der Waals surface area contributed by atoms with Crippen molar-refractivity contribution in [3.8, 4) is 0 Å². The SMILES string of the molecule is CCCNCCCCS(=O)(=O)N1CCS(=O)(=O)CC1C. The fraction of sp³-hybridized carbons (Fsp3) is 1.00. The standard InChI is InChI=1S/C12H26N2O4S2/c1-3-6-13-7-4-5-9-20(17,18)14-8-10-19(15,16)11-12(14)2/h12-13H,3-11H2,1-2H3. The summed E-state index contributed by atoms with van der Waals surface area (Å²) in [4.78, 5) is 0. The van der Waals surface area contributed by atoms with Crippen molar-refractivity contribution in [1.82, 2.24) is 9.62 Å². The third kappa shape index (κ3) is 5.67. The number of rotatable bonds is 8. The van der Waals surface area contributed by atoms with Gasteiger partial charge in [-0.15, -0.1) is 0 Å². The Morgan fingerprint density at radius 2 is 1.95 bits per heavy atom. The Balaban J connectivity index is 2.41. The van der Waals surface area contributed by atoms with Crippen LogP contribution in [0.25, 0.3) is 0 Å². The molecule has 0 aromatic rings. The molecule has 1 heterocycles. The van der Waals surface area contributed by atoms with E-state index in [1.807, 2.05) is 0 Å². The predicted molar refractivity (Wildman–Crippen MR) is 81.0 cm³/mol. The normalized spacial score (nSPS) is 23.8. The molecule has 0 amide bonds. The molecule has 0 aromatic heterocycles. The van der Waals surface area contributed by atoms with E-state index in [9.17, 15) is 16.8 Å². The maximum atomic E-state index is 12.2. The number of nitrogens with zero attached hydrogens (tertiary/aromatic N) is 1. The second-order valence-electron chi connectivity index (χ2n) is 5.35. The van der Waals surface area contributed by atoms with Crippen LogP contribution in [0.1, 0.15) is 33.1 Å².